The van der Waals surface area contributed by atoms with Crippen molar-refractivity contribution >= 4 is 17.6 Å². The lowest BCUT2D eigenvalue weighted by molar-refractivity contribution is -0.119. The maximum Gasteiger partial charge on any atom is 0.338 e. The Bertz CT molecular complexity index is 774. The number of hydrogen-bond donors (Lipinski definition) is 1. The predicted molar refractivity (Wildman–Crippen MR) is 96.1 cm³/mol. The number of carbonyl (C=O) groups is 2. The summed E-state index contributed by atoms with van der Waals surface area (Å²) in [4.78, 5) is 24.2. The maximum atomic E-state index is 12.1. The summed E-state index contributed by atoms with van der Waals surface area (Å²) in [5.41, 5.74) is 0.770. The molecule has 0 spiro atoms. The van der Waals surface area contributed by atoms with E-state index in [0.717, 1.165) is 0 Å². The van der Waals surface area contributed by atoms with Crippen molar-refractivity contribution in [2.75, 3.05) is 32.8 Å². The number of anilines is 1. The molecule has 0 aliphatic heterocycles. The van der Waals surface area contributed by atoms with Gasteiger partial charge in [-0.3, -0.25) is 4.79 Å². The van der Waals surface area contributed by atoms with E-state index in [1.54, 1.807) is 30.3 Å². The minimum absolute atomic E-state index is 0.255. The number of amides is 1. The lowest BCUT2D eigenvalue weighted by Gasteiger charge is -2.12. The van der Waals surface area contributed by atoms with Crippen molar-refractivity contribution < 1.29 is 28.5 Å². The number of carbonyl (C=O) groups excluding carboxylic acids is 2. The van der Waals surface area contributed by atoms with Crippen LogP contribution in [-0.2, 0) is 9.53 Å². The molecule has 7 nitrogen and oxygen atoms in total. The molecule has 0 radical (unpaired) electrons. The Labute approximate surface area is 151 Å². The molecule has 0 atom stereocenters. The number of benzene rings is 2. The van der Waals surface area contributed by atoms with Crippen LogP contribution >= 0.6 is 0 Å². The third-order valence-electron chi connectivity index (χ3n) is 3.41. The van der Waals surface area contributed by atoms with Gasteiger partial charge in [-0.05, 0) is 37.3 Å². The molecule has 138 valence electrons. The summed E-state index contributed by atoms with van der Waals surface area (Å²) >= 11 is 0. The molecule has 0 aliphatic carbocycles. The van der Waals surface area contributed by atoms with Gasteiger partial charge in [0.2, 0.25) is 0 Å². The lowest BCUT2D eigenvalue weighted by Crippen LogP contribution is -2.21. The van der Waals surface area contributed by atoms with Gasteiger partial charge in [0.15, 0.2) is 18.1 Å². The standard InChI is InChI=1S/C19H21NO6/c1-4-25-15-8-6-5-7-14(15)20-18(21)12-26-19(22)13-9-10-16(23-2)17(11-13)24-3/h5-11H,4,12H2,1-3H3,(H,20,21). The van der Waals surface area contributed by atoms with Gasteiger partial charge in [-0.25, -0.2) is 4.79 Å². The zero-order valence-corrected chi connectivity index (χ0v) is 14.9. The first-order chi connectivity index (χ1) is 12.6. The molecule has 1 N–H and O–H groups in total. The first kappa shape index (κ1) is 19.1. The second kappa shape index (κ2) is 9.31. The zero-order chi connectivity index (χ0) is 18.9. The van der Waals surface area contributed by atoms with Gasteiger partial charge < -0.3 is 24.3 Å². The predicted octanol–water partition coefficient (Wildman–Crippen LogP) is 2.90. The molecule has 26 heavy (non-hydrogen) atoms. The second-order valence-electron chi connectivity index (χ2n) is 5.12. The highest BCUT2D eigenvalue weighted by atomic mass is 16.5. The quantitative estimate of drug-likeness (QED) is 0.730. The van der Waals surface area contributed by atoms with Gasteiger partial charge in [0, 0.05) is 0 Å². The van der Waals surface area contributed by atoms with Crippen LogP contribution in [0.15, 0.2) is 42.5 Å². The molecule has 7 heteroatoms. The number of para-hydroxylation sites is 2. The number of ether oxygens (including phenoxy) is 4. The van der Waals surface area contributed by atoms with Crippen LogP contribution in [-0.4, -0.2) is 39.3 Å². The molecular weight excluding hydrogens is 338 g/mol. The van der Waals surface area contributed by atoms with Gasteiger partial charge in [0.05, 0.1) is 32.1 Å². The Hall–Kier alpha value is -3.22. The summed E-state index contributed by atoms with van der Waals surface area (Å²) in [6, 6.07) is 11.6. The molecule has 0 fully saturated rings. The largest absolute Gasteiger partial charge is 0.493 e. The molecule has 1 amide bonds. The van der Waals surface area contributed by atoms with E-state index in [1.165, 1.54) is 26.4 Å². The number of nitrogens with one attached hydrogen (secondary N) is 1. The number of rotatable bonds is 8. The zero-order valence-electron chi connectivity index (χ0n) is 14.9. The van der Waals surface area contributed by atoms with Crippen LogP contribution < -0.4 is 19.5 Å². The Kier molecular flexibility index (Phi) is 6.84. The van der Waals surface area contributed by atoms with Gasteiger partial charge in [0.25, 0.3) is 5.91 Å². The normalized spacial score (nSPS) is 9.96. The van der Waals surface area contributed by atoms with Crippen LogP contribution in [0.3, 0.4) is 0 Å². The minimum Gasteiger partial charge on any atom is -0.493 e. The average Bonchev–Trinajstić information content (AvgIpc) is 2.67. The Morgan fingerprint density at radius 2 is 1.69 bits per heavy atom. The molecule has 0 bridgehead atoms. The van der Waals surface area contributed by atoms with E-state index in [1.807, 2.05) is 6.92 Å². The van der Waals surface area contributed by atoms with E-state index in [0.29, 0.717) is 29.5 Å². The van der Waals surface area contributed by atoms with E-state index in [4.69, 9.17) is 18.9 Å². The van der Waals surface area contributed by atoms with E-state index in [-0.39, 0.29) is 5.56 Å². The monoisotopic (exact) mass is 359 g/mol. The molecule has 0 unspecified atom stereocenters. The van der Waals surface area contributed by atoms with E-state index in [9.17, 15) is 9.59 Å². The van der Waals surface area contributed by atoms with Gasteiger partial charge in [-0.1, -0.05) is 12.1 Å². The summed E-state index contributed by atoms with van der Waals surface area (Å²) in [5.74, 6) is 0.339. The first-order valence-electron chi connectivity index (χ1n) is 7.99. The number of esters is 1. The highest BCUT2D eigenvalue weighted by molar-refractivity contribution is 5.96. The third-order valence-corrected chi connectivity index (χ3v) is 3.41. The van der Waals surface area contributed by atoms with E-state index in [2.05, 4.69) is 5.32 Å². The van der Waals surface area contributed by atoms with Crippen molar-refractivity contribution in [2.24, 2.45) is 0 Å². The summed E-state index contributed by atoms with van der Waals surface area (Å²) in [6.07, 6.45) is 0. The molecule has 0 aromatic heterocycles. The fourth-order valence-corrected chi connectivity index (χ4v) is 2.22. The van der Waals surface area contributed by atoms with Crippen molar-refractivity contribution in [3.05, 3.63) is 48.0 Å². The third kappa shape index (κ3) is 4.89. The van der Waals surface area contributed by atoms with Crippen molar-refractivity contribution in [1.29, 1.82) is 0 Å². The Morgan fingerprint density at radius 3 is 2.38 bits per heavy atom. The highest BCUT2D eigenvalue weighted by Gasteiger charge is 2.14. The summed E-state index contributed by atoms with van der Waals surface area (Å²) in [5, 5.41) is 2.66. The summed E-state index contributed by atoms with van der Waals surface area (Å²) in [7, 11) is 2.97. The van der Waals surface area contributed by atoms with Gasteiger partial charge >= 0.3 is 5.97 Å². The van der Waals surface area contributed by atoms with Gasteiger partial charge in [-0.2, -0.15) is 0 Å². The van der Waals surface area contributed by atoms with Crippen LogP contribution in [0.25, 0.3) is 0 Å². The van der Waals surface area contributed by atoms with Gasteiger partial charge in [-0.15, -0.1) is 0 Å². The molecule has 2 aromatic rings. The SMILES string of the molecule is CCOc1ccccc1NC(=O)COC(=O)c1ccc(OC)c(OC)c1. The molecule has 0 aliphatic rings. The van der Waals surface area contributed by atoms with Crippen molar-refractivity contribution in [2.45, 2.75) is 6.92 Å². The first-order valence-corrected chi connectivity index (χ1v) is 7.99. The van der Waals surface area contributed by atoms with E-state index >= 15 is 0 Å². The van der Waals surface area contributed by atoms with Crippen LogP contribution in [0.4, 0.5) is 5.69 Å². The fraction of sp³-hybridized carbons (Fsp3) is 0.263. The topological polar surface area (TPSA) is 83.1 Å². The number of hydrogen-bond acceptors (Lipinski definition) is 6. The van der Waals surface area contributed by atoms with Gasteiger partial charge in [0.1, 0.15) is 5.75 Å². The lowest BCUT2D eigenvalue weighted by atomic mass is 10.2. The van der Waals surface area contributed by atoms with E-state index < -0.39 is 18.5 Å². The van der Waals surface area contributed by atoms with Crippen LogP contribution in [0.1, 0.15) is 17.3 Å². The number of methoxy groups -OCH3 is 2. The smallest absolute Gasteiger partial charge is 0.338 e. The minimum atomic E-state index is -0.640. The molecule has 0 saturated heterocycles. The summed E-state index contributed by atoms with van der Waals surface area (Å²) < 4.78 is 20.7. The Morgan fingerprint density at radius 1 is 0.962 bits per heavy atom. The van der Waals surface area contributed by atoms with Crippen molar-refractivity contribution in [3.8, 4) is 17.2 Å². The molecule has 0 saturated carbocycles. The molecule has 0 heterocycles. The maximum absolute atomic E-state index is 12.1. The van der Waals surface area contributed by atoms with Crippen molar-refractivity contribution in [3.63, 3.8) is 0 Å². The van der Waals surface area contributed by atoms with Crippen LogP contribution in [0.5, 0.6) is 17.2 Å². The highest BCUT2D eigenvalue weighted by Crippen LogP contribution is 2.28. The molecular formula is C19H21NO6. The van der Waals surface area contributed by atoms with Crippen molar-refractivity contribution in [1.82, 2.24) is 0 Å². The molecule has 2 rings (SSSR count). The molecule has 2 aromatic carbocycles. The Balaban J connectivity index is 1.96. The fourth-order valence-electron chi connectivity index (χ4n) is 2.22. The second-order valence-corrected chi connectivity index (χ2v) is 5.12. The summed E-state index contributed by atoms with van der Waals surface area (Å²) in [6.45, 7) is 1.90. The average molecular weight is 359 g/mol. The van der Waals surface area contributed by atoms with Crippen LogP contribution in [0, 0.1) is 0 Å². The van der Waals surface area contributed by atoms with Crippen LogP contribution in [0.2, 0.25) is 0 Å².